The maximum atomic E-state index is 4.01. The van der Waals surface area contributed by atoms with Gasteiger partial charge in [0.05, 0.1) is 6.20 Å². The van der Waals surface area contributed by atoms with Crippen LogP contribution in [0.2, 0.25) is 0 Å². The number of aromatic amines is 1. The number of H-pyrrole nitrogens is 1. The molecule has 1 heterocycles. The topological polar surface area (TPSA) is 41.6 Å². The number of benzene rings is 1. The molecule has 1 aromatic carbocycles. The van der Waals surface area contributed by atoms with Gasteiger partial charge in [-0.2, -0.15) is 15.4 Å². The van der Waals surface area contributed by atoms with Gasteiger partial charge in [-0.15, -0.1) is 0 Å². The molecule has 0 amide bonds. The van der Waals surface area contributed by atoms with Crippen LogP contribution in [0.1, 0.15) is 5.56 Å². The fraction of sp³-hybridized carbons (Fsp3) is 0.111. The van der Waals surface area contributed by atoms with Crippen LogP contribution in [0, 0.1) is 6.92 Å². The zero-order chi connectivity index (χ0) is 8.39. The van der Waals surface area contributed by atoms with E-state index in [1.165, 1.54) is 5.56 Å². The molecule has 0 atom stereocenters. The molecule has 0 bridgehead atoms. The van der Waals surface area contributed by atoms with Crippen LogP contribution >= 0.6 is 0 Å². The normalized spacial score (nSPS) is 9.31. The predicted octanol–water partition coefficient (Wildman–Crippen LogP) is 1.78. The van der Waals surface area contributed by atoms with Gasteiger partial charge in [-0.3, -0.25) is 0 Å². The molecule has 0 aliphatic rings. The minimum atomic E-state index is 0. The summed E-state index contributed by atoms with van der Waals surface area (Å²) < 4.78 is 0. The average Bonchev–Trinajstić information content (AvgIpc) is 2.57. The van der Waals surface area contributed by atoms with Crippen LogP contribution in [0.15, 0.2) is 30.5 Å². The molecule has 0 saturated carbocycles. The van der Waals surface area contributed by atoms with Crippen molar-refractivity contribution in [2.24, 2.45) is 0 Å². The number of nitrogens with zero attached hydrogens (tertiary/aromatic N) is 2. The monoisotopic (exact) mass is 223 g/mol. The maximum absolute atomic E-state index is 4.01. The Bertz CT molecular complexity index is 370. The van der Waals surface area contributed by atoms with Crippen molar-refractivity contribution in [3.05, 3.63) is 36.0 Å². The molecular weight excluding hydrogens is 216 g/mol. The number of rotatable bonds is 1. The molecular formula is C9H9N3Zn. The molecule has 0 spiro atoms. The van der Waals surface area contributed by atoms with Gasteiger partial charge in [0.1, 0.15) is 5.69 Å². The summed E-state index contributed by atoms with van der Waals surface area (Å²) in [5.41, 5.74) is 3.24. The molecule has 0 aliphatic heterocycles. The largest absolute Gasteiger partial charge is 0.197 e. The Morgan fingerprint density at radius 2 is 2.00 bits per heavy atom. The van der Waals surface area contributed by atoms with Gasteiger partial charge in [0.15, 0.2) is 0 Å². The van der Waals surface area contributed by atoms with Gasteiger partial charge in [0.25, 0.3) is 0 Å². The molecule has 0 radical (unpaired) electrons. The number of hydrogen-bond donors (Lipinski definition) is 1. The fourth-order valence-electron chi connectivity index (χ4n) is 1.19. The van der Waals surface area contributed by atoms with Crippen LogP contribution in [0.4, 0.5) is 0 Å². The maximum Gasteiger partial charge on any atom is 0.113 e. The van der Waals surface area contributed by atoms with Gasteiger partial charge in [0, 0.05) is 25.0 Å². The first kappa shape index (κ1) is 10.1. The van der Waals surface area contributed by atoms with Crippen LogP contribution in [0.25, 0.3) is 11.3 Å². The minimum absolute atomic E-state index is 0. The van der Waals surface area contributed by atoms with Crippen LogP contribution < -0.4 is 0 Å². The SMILES string of the molecule is Cc1ccccc1-c1cn[nH]n1.[Zn]. The summed E-state index contributed by atoms with van der Waals surface area (Å²) in [6.07, 6.45) is 1.72. The molecule has 1 aromatic heterocycles. The van der Waals surface area contributed by atoms with Gasteiger partial charge in [-0.05, 0) is 12.5 Å². The molecule has 2 aromatic rings. The van der Waals surface area contributed by atoms with Gasteiger partial charge in [0.2, 0.25) is 0 Å². The first-order chi connectivity index (χ1) is 5.88. The average molecular weight is 225 g/mol. The Morgan fingerprint density at radius 1 is 1.23 bits per heavy atom. The molecule has 3 nitrogen and oxygen atoms in total. The van der Waals surface area contributed by atoms with E-state index in [0.717, 1.165) is 11.3 Å². The second kappa shape index (κ2) is 4.29. The molecule has 0 unspecified atom stereocenters. The van der Waals surface area contributed by atoms with E-state index in [9.17, 15) is 0 Å². The molecule has 2 rings (SSSR count). The zero-order valence-corrected chi connectivity index (χ0v) is 10.5. The van der Waals surface area contributed by atoms with E-state index in [2.05, 4.69) is 28.4 Å². The first-order valence-corrected chi connectivity index (χ1v) is 3.80. The van der Waals surface area contributed by atoms with Gasteiger partial charge in [-0.25, -0.2) is 0 Å². The third-order valence-corrected chi connectivity index (χ3v) is 1.84. The summed E-state index contributed by atoms with van der Waals surface area (Å²) in [5, 5.41) is 10.4. The summed E-state index contributed by atoms with van der Waals surface area (Å²) in [6.45, 7) is 2.06. The molecule has 0 aliphatic carbocycles. The Kier molecular flexibility index (Phi) is 3.32. The van der Waals surface area contributed by atoms with Crippen molar-refractivity contribution in [1.82, 2.24) is 15.4 Å². The van der Waals surface area contributed by atoms with Crippen molar-refractivity contribution in [2.45, 2.75) is 6.92 Å². The number of aromatic nitrogens is 3. The second-order valence-electron chi connectivity index (χ2n) is 2.67. The summed E-state index contributed by atoms with van der Waals surface area (Å²) in [5.74, 6) is 0. The summed E-state index contributed by atoms with van der Waals surface area (Å²) in [7, 11) is 0. The van der Waals surface area contributed by atoms with Crippen LogP contribution in [-0.2, 0) is 19.5 Å². The summed E-state index contributed by atoms with van der Waals surface area (Å²) in [6, 6.07) is 8.10. The molecule has 13 heavy (non-hydrogen) atoms. The Labute approximate surface area is 89.3 Å². The first-order valence-electron chi connectivity index (χ1n) is 3.80. The molecule has 0 saturated heterocycles. The van der Waals surface area contributed by atoms with Crippen molar-refractivity contribution in [3.63, 3.8) is 0 Å². The van der Waals surface area contributed by atoms with E-state index < -0.39 is 0 Å². The van der Waals surface area contributed by atoms with Crippen LogP contribution in [0.5, 0.6) is 0 Å². The van der Waals surface area contributed by atoms with E-state index in [4.69, 9.17) is 0 Å². The van der Waals surface area contributed by atoms with E-state index in [1.54, 1.807) is 6.20 Å². The molecule has 0 fully saturated rings. The van der Waals surface area contributed by atoms with E-state index in [0.29, 0.717) is 0 Å². The Balaban J connectivity index is 0.000000845. The molecule has 62 valence electrons. The zero-order valence-electron chi connectivity index (χ0n) is 7.49. The van der Waals surface area contributed by atoms with Crippen LogP contribution in [0.3, 0.4) is 0 Å². The molecule has 1 N–H and O–H groups in total. The van der Waals surface area contributed by atoms with E-state index in [1.807, 2.05) is 18.2 Å². The van der Waals surface area contributed by atoms with Crippen molar-refractivity contribution in [2.75, 3.05) is 0 Å². The molecule has 4 heteroatoms. The fourth-order valence-corrected chi connectivity index (χ4v) is 1.19. The Hall–Kier alpha value is -1.02. The van der Waals surface area contributed by atoms with Crippen molar-refractivity contribution in [1.29, 1.82) is 0 Å². The summed E-state index contributed by atoms with van der Waals surface area (Å²) >= 11 is 0. The van der Waals surface area contributed by atoms with Crippen molar-refractivity contribution in [3.8, 4) is 11.3 Å². The van der Waals surface area contributed by atoms with Crippen molar-refractivity contribution >= 4 is 0 Å². The Morgan fingerprint density at radius 3 is 2.62 bits per heavy atom. The quantitative estimate of drug-likeness (QED) is 0.751. The third kappa shape index (κ3) is 2.01. The number of nitrogens with one attached hydrogen (secondary N) is 1. The van der Waals surface area contributed by atoms with Gasteiger partial charge >= 0.3 is 0 Å². The third-order valence-electron chi connectivity index (χ3n) is 1.84. The minimum Gasteiger partial charge on any atom is -0.197 e. The van der Waals surface area contributed by atoms with Crippen molar-refractivity contribution < 1.29 is 19.5 Å². The van der Waals surface area contributed by atoms with Crippen LogP contribution in [-0.4, -0.2) is 15.4 Å². The number of aryl methyl sites for hydroxylation is 1. The smallest absolute Gasteiger partial charge is 0.113 e. The van der Waals surface area contributed by atoms with E-state index in [-0.39, 0.29) is 19.5 Å². The van der Waals surface area contributed by atoms with E-state index >= 15 is 0 Å². The predicted molar refractivity (Wildman–Crippen MR) is 46.6 cm³/mol. The number of hydrogen-bond acceptors (Lipinski definition) is 2. The second-order valence-corrected chi connectivity index (χ2v) is 2.67. The summed E-state index contributed by atoms with van der Waals surface area (Å²) in [4.78, 5) is 0. The van der Waals surface area contributed by atoms with Gasteiger partial charge in [-0.1, -0.05) is 24.3 Å². The standard InChI is InChI=1S/C9H9N3.Zn/c1-7-4-2-3-5-8(7)9-6-10-12-11-9;/h2-6H,1H3,(H,10,11,12);. The van der Waals surface area contributed by atoms with Gasteiger partial charge < -0.3 is 0 Å².